The quantitative estimate of drug-likeness (QED) is 0.792. The molecule has 0 unspecified atom stereocenters. The first-order valence-electron chi connectivity index (χ1n) is 9.37. The monoisotopic (exact) mass is 391 g/mol. The Bertz CT molecular complexity index is 1010. The lowest BCUT2D eigenvalue weighted by Gasteiger charge is -2.08. The van der Waals surface area contributed by atoms with Gasteiger partial charge >= 0.3 is 0 Å². The highest BCUT2D eigenvalue weighted by Gasteiger charge is 2.37. The third-order valence-electron chi connectivity index (χ3n) is 4.89. The Labute approximate surface area is 168 Å². The second kappa shape index (κ2) is 7.64. The first-order chi connectivity index (χ1) is 13.6. The largest absolute Gasteiger partial charge is 0.311 e. The van der Waals surface area contributed by atoms with Crippen LogP contribution in [-0.2, 0) is 16.0 Å². The van der Waals surface area contributed by atoms with Gasteiger partial charge in [0.1, 0.15) is 0 Å². The average molecular weight is 391 g/mol. The molecule has 0 saturated carbocycles. The van der Waals surface area contributed by atoms with Gasteiger partial charge in [0.05, 0.1) is 21.9 Å². The van der Waals surface area contributed by atoms with Crippen molar-refractivity contribution >= 4 is 45.7 Å². The van der Waals surface area contributed by atoms with Crippen LogP contribution in [0.3, 0.4) is 0 Å². The van der Waals surface area contributed by atoms with Crippen LogP contribution in [0.25, 0.3) is 5.57 Å². The van der Waals surface area contributed by atoms with Gasteiger partial charge in [0.2, 0.25) is 0 Å². The molecule has 0 bridgehead atoms. The van der Waals surface area contributed by atoms with Gasteiger partial charge in [0.25, 0.3) is 11.8 Å². The number of para-hydroxylation sites is 1. The van der Waals surface area contributed by atoms with E-state index in [-0.39, 0.29) is 11.8 Å². The third kappa shape index (κ3) is 3.36. The number of hydrogen-bond acceptors (Lipinski definition) is 4. The van der Waals surface area contributed by atoms with E-state index in [1.165, 1.54) is 30.2 Å². The minimum Gasteiger partial charge on any atom is -0.311 e. The molecule has 2 heterocycles. The molecule has 0 aliphatic carbocycles. The number of amides is 2. The van der Waals surface area contributed by atoms with E-state index >= 15 is 0 Å². The summed E-state index contributed by atoms with van der Waals surface area (Å²) in [5.41, 5.74) is 4.11. The lowest BCUT2D eigenvalue weighted by atomic mass is 10.1. The molecule has 1 fully saturated rings. The maximum absolute atomic E-state index is 12.7. The summed E-state index contributed by atoms with van der Waals surface area (Å²) in [6, 6.07) is 15.6. The SMILES string of the molecule is CCCCc1ccc(N=C2NC(=O)C(=C3C(=O)N(C)c4ccccc43)S2)cc1. The number of nitrogens with zero attached hydrogens (tertiary/aromatic N) is 2. The lowest BCUT2D eigenvalue weighted by molar-refractivity contribution is -0.116. The molecule has 2 amide bonds. The number of hydrogen-bond donors (Lipinski definition) is 1. The van der Waals surface area contributed by atoms with Crippen LogP contribution in [0, 0.1) is 0 Å². The maximum Gasteiger partial charge on any atom is 0.264 e. The number of benzene rings is 2. The standard InChI is InChI=1S/C22H21N3O2S/c1-3-4-7-14-10-12-15(13-11-14)23-22-24-20(26)19(28-22)18-16-8-5-6-9-17(16)25(2)21(18)27/h5-6,8-13H,3-4,7H2,1-2H3,(H,23,24,26). The van der Waals surface area contributed by atoms with Crippen LogP contribution < -0.4 is 10.2 Å². The maximum atomic E-state index is 12.7. The van der Waals surface area contributed by atoms with Crippen molar-refractivity contribution in [2.45, 2.75) is 26.2 Å². The zero-order valence-corrected chi connectivity index (χ0v) is 16.7. The molecule has 142 valence electrons. The van der Waals surface area contributed by atoms with Crippen molar-refractivity contribution in [2.75, 3.05) is 11.9 Å². The van der Waals surface area contributed by atoms with Crippen molar-refractivity contribution in [3.05, 3.63) is 64.6 Å². The second-order valence-corrected chi connectivity index (χ2v) is 7.83. The predicted octanol–water partition coefficient (Wildman–Crippen LogP) is 4.27. The number of nitrogens with one attached hydrogen (secondary N) is 1. The summed E-state index contributed by atoms with van der Waals surface area (Å²) in [6.45, 7) is 2.18. The minimum absolute atomic E-state index is 0.166. The van der Waals surface area contributed by atoms with Crippen LogP contribution in [0.5, 0.6) is 0 Å². The summed E-state index contributed by atoms with van der Waals surface area (Å²) in [4.78, 5) is 31.8. The highest BCUT2D eigenvalue weighted by atomic mass is 32.2. The highest BCUT2D eigenvalue weighted by Crippen LogP contribution is 2.42. The van der Waals surface area contributed by atoms with Gasteiger partial charge in [-0.15, -0.1) is 0 Å². The smallest absolute Gasteiger partial charge is 0.264 e. The summed E-state index contributed by atoms with van der Waals surface area (Å²) in [7, 11) is 1.72. The van der Waals surface area contributed by atoms with Gasteiger partial charge in [-0.05, 0) is 48.4 Å². The number of amidine groups is 1. The number of aliphatic imine (C=N–C) groups is 1. The van der Waals surface area contributed by atoms with Gasteiger partial charge in [-0.25, -0.2) is 4.99 Å². The number of fused-ring (bicyclic) bond motifs is 1. The molecule has 1 N–H and O–H groups in total. The molecule has 2 aliphatic rings. The number of thioether (sulfide) groups is 1. The van der Waals surface area contributed by atoms with E-state index < -0.39 is 0 Å². The Morgan fingerprint density at radius 2 is 1.82 bits per heavy atom. The van der Waals surface area contributed by atoms with Gasteiger partial charge in [-0.3, -0.25) is 9.59 Å². The molecule has 6 heteroatoms. The first-order valence-corrected chi connectivity index (χ1v) is 10.2. The fraction of sp³-hybridized carbons (Fsp3) is 0.227. The Balaban J connectivity index is 1.62. The van der Waals surface area contributed by atoms with Crippen molar-refractivity contribution in [1.29, 1.82) is 0 Å². The number of rotatable bonds is 4. The van der Waals surface area contributed by atoms with E-state index in [1.807, 2.05) is 36.4 Å². The van der Waals surface area contributed by atoms with Gasteiger partial charge < -0.3 is 10.2 Å². The third-order valence-corrected chi connectivity index (χ3v) is 5.87. The zero-order valence-electron chi connectivity index (χ0n) is 15.9. The Kier molecular flexibility index (Phi) is 5.05. The van der Waals surface area contributed by atoms with E-state index in [4.69, 9.17) is 0 Å². The van der Waals surface area contributed by atoms with E-state index in [9.17, 15) is 9.59 Å². The van der Waals surface area contributed by atoms with Gasteiger partial charge in [-0.1, -0.05) is 43.7 Å². The summed E-state index contributed by atoms with van der Waals surface area (Å²) in [6.07, 6.45) is 3.39. The Hall–Kier alpha value is -2.86. The average Bonchev–Trinajstić information content (AvgIpc) is 3.18. The molecule has 4 rings (SSSR count). The molecule has 2 aromatic rings. The second-order valence-electron chi connectivity index (χ2n) is 6.83. The number of carbonyl (C=O) groups excluding carboxylic acids is 2. The van der Waals surface area contributed by atoms with Crippen LogP contribution in [-0.4, -0.2) is 24.0 Å². The number of likely N-dealkylation sites (N-methyl/N-ethyl adjacent to an activating group) is 1. The van der Waals surface area contributed by atoms with Crippen LogP contribution in [0.2, 0.25) is 0 Å². The van der Waals surface area contributed by atoms with Gasteiger partial charge in [0.15, 0.2) is 5.17 Å². The molecule has 2 aliphatic heterocycles. The van der Waals surface area contributed by atoms with Gasteiger partial charge in [0, 0.05) is 12.6 Å². The molecule has 5 nitrogen and oxygen atoms in total. The molecular formula is C22H21N3O2S. The summed E-state index contributed by atoms with van der Waals surface area (Å²) in [5, 5.41) is 3.28. The van der Waals surface area contributed by atoms with E-state index in [0.717, 1.165) is 23.4 Å². The molecule has 0 radical (unpaired) electrons. The minimum atomic E-state index is -0.281. The summed E-state index contributed by atoms with van der Waals surface area (Å²) >= 11 is 1.22. The molecular weight excluding hydrogens is 370 g/mol. The molecule has 0 spiro atoms. The Morgan fingerprint density at radius 1 is 1.07 bits per heavy atom. The van der Waals surface area contributed by atoms with Crippen molar-refractivity contribution in [2.24, 2.45) is 4.99 Å². The van der Waals surface area contributed by atoms with Crippen molar-refractivity contribution < 1.29 is 9.59 Å². The van der Waals surface area contributed by atoms with Crippen molar-refractivity contribution in [3.8, 4) is 0 Å². The molecule has 0 atom stereocenters. The van der Waals surface area contributed by atoms with Crippen LogP contribution >= 0.6 is 11.8 Å². The zero-order chi connectivity index (χ0) is 19.7. The molecule has 0 aromatic heterocycles. The molecule has 1 saturated heterocycles. The normalized spacial score (nSPS) is 20.1. The molecule has 28 heavy (non-hydrogen) atoms. The van der Waals surface area contributed by atoms with Crippen LogP contribution in [0.15, 0.2) is 58.4 Å². The van der Waals surface area contributed by atoms with Gasteiger partial charge in [-0.2, -0.15) is 0 Å². The number of aryl methyl sites for hydroxylation is 1. The first kappa shape index (κ1) is 18.5. The predicted molar refractivity (Wildman–Crippen MR) is 115 cm³/mol. The summed E-state index contributed by atoms with van der Waals surface area (Å²) in [5.74, 6) is -0.447. The fourth-order valence-electron chi connectivity index (χ4n) is 3.36. The Morgan fingerprint density at radius 3 is 2.57 bits per heavy atom. The van der Waals surface area contributed by atoms with E-state index in [2.05, 4.69) is 29.4 Å². The van der Waals surface area contributed by atoms with Crippen molar-refractivity contribution in [1.82, 2.24) is 5.32 Å². The van der Waals surface area contributed by atoms with Crippen LogP contribution in [0.1, 0.15) is 30.9 Å². The van der Waals surface area contributed by atoms with Crippen molar-refractivity contribution in [3.63, 3.8) is 0 Å². The summed E-state index contributed by atoms with van der Waals surface area (Å²) < 4.78 is 0. The number of carbonyl (C=O) groups is 2. The van der Waals surface area contributed by atoms with E-state index in [0.29, 0.717) is 15.6 Å². The number of anilines is 1. The van der Waals surface area contributed by atoms with E-state index in [1.54, 1.807) is 11.9 Å². The fourth-order valence-corrected chi connectivity index (χ4v) is 4.29. The topological polar surface area (TPSA) is 61.8 Å². The lowest BCUT2D eigenvalue weighted by Crippen LogP contribution is -2.23. The molecule has 2 aromatic carbocycles. The highest BCUT2D eigenvalue weighted by molar-refractivity contribution is 8.18. The van der Waals surface area contributed by atoms with Crippen LogP contribution in [0.4, 0.5) is 11.4 Å². The number of unbranched alkanes of at least 4 members (excludes halogenated alkanes) is 1.